The molecule has 0 atom stereocenters. The van der Waals surface area contributed by atoms with Crippen molar-refractivity contribution < 1.29 is 4.79 Å². The van der Waals surface area contributed by atoms with Crippen molar-refractivity contribution in [3.63, 3.8) is 0 Å². The molecule has 0 spiro atoms. The maximum absolute atomic E-state index is 11.6. The van der Waals surface area contributed by atoms with Crippen molar-refractivity contribution in [1.82, 2.24) is 5.32 Å². The maximum Gasteiger partial charge on any atom is 0.230 e. The molecular formula is C12H13NOS3. The van der Waals surface area contributed by atoms with Gasteiger partial charge in [0.1, 0.15) is 0 Å². The van der Waals surface area contributed by atoms with Gasteiger partial charge >= 0.3 is 0 Å². The minimum Gasteiger partial charge on any atom is -0.350 e. The van der Waals surface area contributed by atoms with Gasteiger partial charge in [-0.25, -0.2) is 0 Å². The van der Waals surface area contributed by atoms with E-state index in [2.05, 4.69) is 23.7 Å². The van der Waals surface area contributed by atoms with Gasteiger partial charge in [0.2, 0.25) is 5.91 Å². The highest BCUT2D eigenvalue weighted by Gasteiger charge is 2.05. The number of amides is 1. The first-order valence-corrected chi connectivity index (χ1v) is 7.96. The Kier molecular flexibility index (Phi) is 4.65. The van der Waals surface area contributed by atoms with Crippen LogP contribution in [-0.2, 0) is 11.3 Å². The fraction of sp³-hybridized carbons (Fsp3) is 0.250. The van der Waals surface area contributed by atoms with E-state index in [9.17, 15) is 4.79 Å². The molecule has 1 N–H and O–H groups in total. The largest absolute Gasteiger partial charge is 0.350 e. The second-order valence-corrected chi connectivity index (χ2v) is 6.75. The van der Waals surface area contributed by atoms with Gasteiger partial charge < -0.3 is 5.32 Å². The maximum atomic E-state index is 11.6. The number of thioether (sulfide) groups is 1. The van der Waals surface area contributed by atoms with Crippen molar-refractivity contribution in [1.29, 1.82) is 0 Å². The van der Waals surface area contributed by atoms with E-state index in [1.54, 1.807) is 34.4 Å². The molecule has 1 amide bonds. The van der Waals surface area contributed by atoms with E-state index in [-0.39, 0.29) is 5.91 Å². The average molecular weight is 283 g/mol. The van der Waals surface area contributed by atoms with Crippen molar-refractivity contribution in [3.05, 3.63) is 39.4 Å². The van der Waals surface area contributed by atoms with Gasteiger partial charge in [-0.05, 0) is 35.4 Å². The summed E-state index contributed by atoms with van der Waals surface area (Å²) in [7, 11) is 0. The van der Waals surface area contributed by atoms with Crippen molar-refractivity contribution in [2.45, 2.75) is 17.7 Å². The number of carbonyl (C=O) groups excluding carboxylic acids is 1. The van der Waals surface area contributed by atoms with E-state index in [4.69, 9.17) is 0 Å². The standard InChI is InChI=1S/C12H13NOS3/c1-9-4-6-15-10(9)7-13-11(14)8-17-12-3-2-5-16-12/h2-6H,7-8H2,1H3,(H,13,14). The summed E-state index contributed by atoms with van der Waals surface area (Å²) in [6.07, 6.45) is 0. The molecule has 2 rings (SSSR count). The second-order valence-electron chi connectivity index (χ2n) is 3.52. The zero-order chi connectivity index (χ0) is 12.1. The molecule has 90 valence electrons. The third kappa shape index (κ3) is 3.87. The normalized spacial score (nSPS) is 10.4. The molecule has 5 heteroatoms. The second kappa shape index (κ2) is 6.23. The molecule has 0 radical (unpaired) electrons. The van der Waals surface area contributed by atoms with E-state index >= 15 is 0 Å². The van der Waals surface area contributed by atoms with Crippen LogP contribution in [0, 0.1) is 6.92 Å². The Morgan fingerprint density at radius 1 is 1.35 bits per heavy atom. The van der Waals surface area contributed by atoms with Crippen LogP contribution < -0.4 is 5.32 Å². The van der Waals surface area contributed by atoms with Crippen LogP contribution in [0.15, 0.2) is 33.2 Å². The van der Waals surface area contributed by atoms with Crippen LogP contribution in [0.25, 0.3) is 0 Å². The molecule has 0 bridgehead atoms. The molecule has 2 aromatic rings. The van der Waals surface area contributed by atoms with Crippen molar-refractivity contribution in [2.75, 3.05) is 5.75 Å². The Labute approximate surface area is 113 Å². The highest BCUT2D eigenvalue weighted by Crippen LogP contribution is 2.23. The number of aryl methyl sites for hydroxylation is 1. The molecular weight excluding hydrogens is 270 g/mol. The van der Waals surface area contributed by atoms with Gasteiger partial charge in [-0.2, -0.15) is 0 Å². The zero-order valence-corrected chi connectivity index (χ0v) is 11.9. The van der Waals surface area contributed by atoms with Crippen LogP contribution >= 0.6 is 34.4 Å². The van der Waals surface area contributed by atoms with Crippen molar-refractivity contribution >= 4 is 40.3 Å². The molecule has 0 saturated heterocycles. The molecule has 0 aromatic carbocycles. The Bertz CT molecular complexity index is 476. The van der Waals surface area contributed by atoms with Gasteiger partial charge in [0.05, 0.1) is 16.5 Å². The molecule has 2 heterocycles. The van der Waals surface area contributed by atoms with Crippen LogP contribution in [0.2, 0.25) is 0 Å². The average Bonchev–Trinajstić information content (AvgIpc) is 2.95. The quantitative estimate of drug-likeness (QED) is 0.851. The third-order valence-corrected chi connectivity index (χ3v) is 5.41. The number of hydrogen-bond donors (Lipinski definition) is 1. The van der Waals surface area contributed by atoms with Crippen LogP contribution in [0.5, 0.6) is 0 Å². The van der Waals surface area contributed by atoms with Gasteiger partial charge in [0.15, 0.2) is 0 Å². The van der Waals surface area contributed by atoms with E-state index in [0.29, 0.717) is 12.3 Å². The predicted octanol–water partition coefficient (Wildman–Crippen LogP) is 3.53. The molecule has 0 aliphatic heterocycles. The molecule has 0 fully saturated rings. The Hall–Kier alpha value is -0.780. The SMILES string of the molecule is Cc1ccsc1CNC(=O)CSc1cccs1. The highest BCUT2D eigenvalue weighted by molar-refractivity contribution is 8.01. The number of rotatable bonds is 5. The lowest BCUT2D eigenvalue weighted by Crippen LogP contribution is -2.24. The monoisotopic (exact) mass is 283 g/mol. The summed E-state index contributed by atoms with van der Waals surface area (Å²) in [5.74, 6) is 0.585. The van der Waals surface area contributed by atoms with Crippen molar-refractivity contribution in [3.8, 4) is 0 Å². The molecule has 0 unspecified atom stereocenters. The highest BCUT2D eigenvalue weighted by atomic mass is 32.2. The lowest BCUT2D eigenvalue weighted by Gasteiger charge is -2.03. The lowest BCUT2D eigenvalue weighted by atomic mass is 10.3. The minimum absolute atomic E-state index is 0.0937. The van der Waals surface area contributed by atoms with Crippen molar-refractivity contribution in [2.24, 2.45) is 0 Å². The van der Waals surface area contributed by atoms with Gasteiger partial charge in [-0.3, -0.25) is 4.79 Å². The Morgan fingerprint density at radius 3 is 2.88 bits per heavy atom. The van der Waals surface area contributed by atoms with Crippen LogP contribution in [0.3, 0.4) is 0 Å². The van der Waals surface area contributed by atoms with E-state index in [1.165, 1.54) is 14.6 Å². The molecule has 2 aromatic heterocycles. The smallest absolute Gasteiger partial charge is 0.230 e. The summed E-state index contributed by atoms with van der Waals surface area (Å²) in [6.45, 7) is 2.71. The zero-order valence-electron chi connectivity index (χ0n) is 9.43. The van der Waals surface area contributed by atoms with Crippen LogP contribution in [0.4, 0.5) is 0 Å². The number of hydrogen-bond acceptors (Lipinski definition) is 4. The minimum atomic E-state index is 0.0937. The molecule has 0 aliphatic rings. The third-order valence-electron chi connectivity index (χ3n) is 2.25. The summed E-state index contributed by atoms with van der Waals surface area (Å²) < 4.78 is 1.19. The Balaban J connectivity index is 1.73. The molecule has 0 aliphatic carbocycles. The summed E-state index contributed by atoms with van der Waals surface area (Å²) in [4.78, 5) is 12.9. The van der Waals surface area contributed by atoms with Gasteiger partial charge in [-0.1, -0.05) is 6.07 Å². The van der Waals surface area contributed by atoms with Gasteiger partial charge in [-0.15, -0.1) is 34.4 Å². The number of carbonyl (C=O) groups is 1. The van der Waals surface area contributed by atoms with E-state index in [1.807, 2.05) is 17.5 Å². The van der Waals surface area contributed by atoms with Gasteiger partial charge in [0, 0.05) is 4.88 Å². The first-order valence-electron chi connectivity index (χ1n) is 5.21. The molecule has 2 nitrogen and oxygen atoms in total. The first-order chi connectivity index (χ1) is 8.25. The Morgan fingerprint density at radius 2 is 2.24 bits per heavy atom. The molecule has 0 saturated carbocycles. The fourth-order valence-corrected chi connectivity index (χ4v) is 3.76. The van der Waals surface area contributed by atoms with Gasteiger partial charge in [0.25, 0.3) is 0 Å². The first kappa shape index (κ1) is 12.7. The number of thiophene rings is 2. The van der Waals surface area contributed by atoms with Crippen LogP contribution in [0.1, 0.15) is 10.4 Å². The summed E-state index contributed by atoms with van der Waals surface area (Å²) in [6, 6.07) is 6.11. The number of nitrogens with one attached hydrogen (secondary N) is 1. The van der Waals surface area contributed by atoms with Crippen LogP contribution in [-0.4, -0.2) is 11.7 Å². The van der Waals surface area contributed by atoms with E-state index in [0.717, 1.165) is 0 Å². The lowest BCUT2D eigenvalue weighted by molar-refractivity contribution is -0.118. The predicted molar refractivity (Wildman–Crippen MR) is 75.9 cm³/mol. The summed E-state index contributed by atoms with van der Waals surface area (Å²) >= 11 is 4.94. The molecule has 17 heavy (non-hydrogen) atoms. The fourth-order valence-electron chi connectivity index (χ4n) is 1.30. The summed E-state index contributed by atoms with van der Waals surface area (Å²) in [5.41, 5.74) is 1.25. The van der Waals surface area contributed by atoms with E-state index < -0.39 is 0 Å². The topological polar surface area (TPSA) is 29.1 Å². The summed E-state index contributed by atoms with van der Waals surface area (Å²) in [5, 5.41) is 7.02.